The maximum atomic E-state index is 5.76. The maximum absolute atomic E-state index is 5.76. The summed E-state index contributed by atoms with van der Waals surface area (Å²) < 4.78 is 0. The van der Waals surface area contributed by atoms with Gasteiger partial charge in [0.05, 0.1) is 11.4 Å². The highest BCUT2D eigenvalue weighted by molar-refractivity contribution is 5.69. The molecule has 4 heteroatoms. The number of nitrogens with one attached hydrogen (secondary N) is 1. The predicted octanol–water partition coefficient (Wildman–Crippen LogP) is 1.36. The van der Waals surface area contributed by atoms with Gasteiger partial charge in [-0.3, -0.25) is 0 Å². The van der Waals surface area contributed by atoms with Crippen LogP contribution >= 0.6 is 0 Å². The molecule has 1 aliphatic rings. The van der Waals surface area contributed by atoms with E-state index >= 15 is 0 Å². The molecule has 1 unspecified atom stereocenters. The first kappa shape index (κ1) is 11.1. The second-order valence-electron chi connectivity index (χ2n) is 4.50. The average molecular weight is 220 g/mol. The fourth-order valence-corrected chi connectivity index (χ4v) is 2.16. The van der Waals surface area contributed by atoms with E-state index in [1.807, 2.05) is 18.2 Å². The van der Waals surface area contributed by atoms with Crippen molar-refractivity contribution in [3.8, 4) is 0 Å². The van der Waals surface area contributed by atoms with Gasteiger partial charge in [0.15, 0.2) is 0 Å². The molecule has 0 aromatic heterocycles. The molecule has 1 saturated heterocycles. The van der Waals surface area contributed by atoms with Crippen LogP contribution in [-0.4, -0.2) is 31.1 Å². The van der Waals surface area contributed by atoms with Gasteiger partial charge in [-0.2, -0.15) is 0 Å². The van der Waals surface area contributed by atoms with Crippen LogP contribution in [0.5, 0.6) is 0 Å². The summed E-state index contributed by atoms with van der Waals surface area (Å²) in [5, 5.41) is 3.41. The molecule has 2 rings (SSSR count). The van der Waals surface area contributed by atoms with Crippen molar-refractivity contribution in [3.63, 3.8) is 0 Å². The van der Waals surface area contributed by atoms with Gasteiger partial charge in [0, 0.05) is 18.3 Å². The lowest BCUT2D eigenvalue weighted by molar-refractivity contribution is 0.322. The van der Waals surface area contributed by atoms with Crippen molar-refractivity contribution in [1.29, 1.82) is 0 Å². The van der Waals surface area contributed by atoms with Crippen LogP contribution in [0.2, 0.25) is 0 Å². The Hall–Kier alpha value is -1.42. The first-order valence-electron chi connectivity index (χ1n) is 5.76. The Morgan fingerprint density at radius 3 is 2.81 bits per heavy atom. The topological polar surface area (TPSA) is 67.3 Å². The fraction of sp³-hybridized carbons (Fsp3) is 0.500. The molecule has 1 aliphatic heterocycles. The summed E-state index contributed by atoms with van der Waals surface area (Å²) in [6.07, 6.45) is 2.57. The van der Waals surface area contributed by atoms with Crippen LogP contribution < -0.4 is 16.8 Å². The van der Waals surface area contributed by atoms with Crippen LogP contribution in [0.3, 0.4) is 0 Å². The molecule has 1 atom stereocenters. The van der Waals surface area contributed by atoms with Crippen molar-refractivity contribution in [1.82, 2.24) is 4.90 Å². The van der Waals surface area contributed by atoms with Gasteiger partial charge in [0.25, 0.3) is 0 Å². The number of nitrogens with zero attached hydrogens (tertiary/aromatic N) is 1. The maximum Gasteiger partial charge on any atom is 0.0568 e. The first-order valence-corrected chi connectivity index (χ1v) is 5.76. The number of likely N-dealkylation sites (N-methyl/N-ethyl adjacent to an activating group) is 1. The lowest BCUT2D eigenvalue weighted by Crippen LogP contribution is -2.31. The standard InChI is InChI=1S/C12H20N4/c1-16-6-2-3-10(16)8-15-9-4-5-11(13)12(14)7-9/h4-5,7,10,15H,2-3,6,8,13-14H2,1H3. The average Bonchev–Trinajstić information content (AvgIpc) is 2.66. The number of anilines is 3. The molecule has 0 aliphatic carbocycles. The van der Waals surface area contributed by atoms with Gasteiger partial charge in [0.2, 0.25) is 0 Å². The van der Waals surface area contributed by atoms with Crippen molar-refractivity contribution in [2.75, 3.05) is 36.9 Å². The molecule has 0 radical (unpaired) electrons. The van der Waals surface area contributed by atoms with Gasteiger partial charge < -0.3 is 21.7 Å². The van der Waals surface area contributed by atoms with Crippen LogP contribution in [0.25, 0.3) is 0 Å². The molecular weight excluding hydrogens is 200 g/mol. The SMILES string of the molecule is CN1CCCC1CNc1ccc(N)c(N)c1. The van der Waals surface area contributed by atoms with Gasteiger partial charge in [-0.05, 0) is 44.6 Å². The number of hydrogen-bond acceptors (Lipinski definition) is 4. The number of nitrogen functional groups attached to an aromatic ring is 2. The Labute approximate surface area is 96.6 Å². The predicted molar refractivity (Wildman–Crippen MR) is 69.4 cm³/mol. The molecule has 16 heavy (non-hydrogen) atoms. The molecular formula is C12H20N4. The highest BCUT2D eigenvalue weighted by atomic mass is 15.2. The molecule has 1 heterocycles. The smallest absolute Gasteiger partial charge is 0.0568 e. The van der Waals surface area contributed by atoms with Crippen LogP contribution in [0.4, 0.5) is 17.1 Å². The summed E-state index contributed by atoms with van der Waals surface area (Å²) in [6, 6.07) is 6.35. The number of hydrogen-bond donors (Lipinski definition) is 3. The van der Waals surface area contributed by atoms with Crippen molar-refractivity contribution in [2.24, 2.45) is 0 Å². The Kier molecular flexibility index (Phi) is 3.19. The molecule has 1 fully saturated rings. The third-order valence-electron chi connectivity index (χ3n) is 3.30. The minimum Gasteiger partial charge on any atom is -0.397 e. The zero-order chi connectivity index (χ0) is 11.5. The second-order valence-corrected chi connectivity index (χ2v) is 4.50. The van der Waals surface area contributed by atoms with E-state index in [0.29, 0.717) is 17.4 Å². The van der Waals surface area contributed by atoms with Crippen molar-refractivity contribution < 1.29 is 0 Å². The summed E-state index contributed by atoms with van der Waals surface area (Å²) in [7, 11) is 2.18. The Morgan fingerprint density at radius 1 is 1.38 bits per heavy atom. The van der Waals surface area contributed by atoms with Crippen molar-refractivity contribution >= 4 is 17.1 Å². The molecule has 0 amide bonds. The van der Waals surface area contributed by atoms with E-state index in [0.717, 1.165) is 12.2 Å². The fourth-order valence-electron chi connectivity index (χ4n) is 2.16. The summed E-state index contributed by atoms with van der Waals surface area (Å²) >= 11 is 0. The highest BCUT2D eigenvalue weighted by Gasteiger charge is 2.20. The number of rotatable bonds is 3. The van der Waals surface area contributed by atoms with E-state index in [1.165, 1.54) is 19.4 Å². The minimum atomic E-state index is 0.638. The quantitative estimate of drug-likeness (QED) is 0.673. The van der Waals surface area contributed by atoms with Crippen LogP contribution in [0, 0.1) is 0 Å². The molecule has 1 aromatic carbocycles. The van der Waals surface area contributed by atoms with E-state index in [4.69, 9.17) is 11.5 Å². The lowest BCUT2D eigenvalue weighted by atomic mass is 10.2. The summed E-state index contributed by atoms with van der Waals surface area (Å²) in [4.78, 5) is 2.40. The summed E-state index contributed by atoms with van der Waals surface area (Å²) in [6.45, 7) is 2.18. The second kappa shape index (κ2) is 4.61. The highest BCUT2D eigenvalue weighted by Crippen LogP contribution is 2.21. The van der Waals surface area contributed by atoms with Gasteiger partial charge in [-0.15, -0.1) is 0 Å². The Balaban J connectivity index is 1.91. The summed E-state index contributed by atoms with van der Waals surface area (Å²) in [5.74, 6) is 0. The van der Waals surface area contributed by atoms with Gasteiger partial charge in [0.1, 0.15) is 0 Å². The Morgan fingerprint density at radius 2 is 2.19 bits per heavy atom. The molecule has 0 spiro atoms. The molecule has 88 valence electrons. The molecule has 1 aromatic rings. The minimum absolute atomic E-state index is 0.638. The monoisotopic (exact) mass is 220 g/mol. The molecule has 4 nitrogen and oxygen atoms in total. The number of benzene rings is 1. The van der Waals surface area contributed by atoms with Gasteiger partial charge in [-0.1, -0.05) is 0 Å². The van der Waals surface area contributed by atoms with E-state index < -0.39 is 0 Å². The van der Waals surface area contributed by atoms with Gasteiger partial charge >= 0.3 is 0 Å². The van der Waals surface area contributed by atoms with Crippen LogP contribution in [0.1, 0.15) is 12.8 Å². The van der Waals surface area contributed by atoms with Crippen molar-refractivity contribution in [3.05, 3.63) is 18.2 Å². The van der Waals surface area contributed by atoms with E-state index in [9.17, 15) is 0 Å². The Bertz CT molecular complexity index is 364. The van der Waals surface area contributed by atoms with Crippen molar-refractivity contribution in [2.45, 2.75) is 18.9 Å². The normalized spacial score (nSPS) is 21.2. The molecule has 0 saturated carbocycles. The molecule has 5 N–H and O–H groups in total. The van der Waals surface area contributed by atoms with Crippen LogP contribution in [0.15, 0.2) is 18.2 Å². The number of nitrogens with two attached hydrogens (primary N) is 2. The zero-order valence-corrected chi connectivity index (χ0v) is 9.74. The third-order valence-corrected chi connectivity index (χ3v) is 3.30. The van der Waals surface area contributed by atoms with E-state index in [-0.39, 0.29) is 0 Å². The molecule has 0 bridgehead atoms. The van der Waals surface area contributed by atoms with E-state index in [2.05, 4.69) is 17.3 Å². The lowest BCUT2D eigenvalue weighted by Gasteiger charge is -2.20. The number of likely N-dealkylation sites (tertiary alicyclic amines) is 1. The van der Waals surface area contributed by atoms with E-state index in [1.54, 1.807) is 0 Å². The largest absolute Gasteiger partial charge is 0.397 e. The van der Waals surface area contributed by atoms with Crippen LogP contribution in [-0.2, 0) is 0 Å². The third kappa shape index (κ3) is 2.39. The first-order chi connectivity index (χ1) is 7.66. The summed E-state index contributed by atoms with van der Waals surface area (Å²) in [5.41, 5.74) is 13.8. The van der Waals surface area contributed by atoms with Gasteiger partial charge in [-0.25, -0.2) is 0 Å². The zero-order valence-electron chi connectivity index (χ0n) is 9.74.